The molecule has 0 radical (unpaired) electrons. The lowest BCUT2D eigenvalue weighted by atomic mass is 10.2. The SMILES string of the molecule is CCc1ccc(-c2nn(Cc3ccccc3Br)cc2N)s1. The molecule has 108 valence electrons. The first-order valence-corrected chi connectivity index (χ1v) is 8.43. The number of aryl methyl sites for hydroxylation is 1. The van der Waals surface area contributed by atoms with E-state index in [4.69, 9.17) is 5.73 Å². The highest BCUT2D eigenvalue weighted by molar-refractivity contribution is 9.10. The van der Waals surface area contributed by atoms with E-state index in [0.717, 1.165) is 27.2 Å². The van der Waals surface area contributed by atoms with Gasteiger partial charge in [0, 0.05) is 15.5 Å². The molecule has 2 heterocycles. The second-order valence-corrected chi connectivity index (χ2v) is 6.86. The highest BCUT2D eigenvalue weighted by Gasteiger charge is 2.11. The van der Waals surface area contributed by atoms with Crippen LogP contribution in [-0.4, -0.2) is 9.78 Å². The van der Waals surface area contributed by atoms with Crippen LogP contribution < -0.4 is 5.73 Å². The first-order valence-electron chi connectivity index (χ1n) is 6.82. The zero-order valence-electron chi connectivity index (χ0n) is 11.7. The second kappa shape index (κ2) is 6.03. The van der Waals surface area contributed by atoms with Gasteiger partial charge in [-0.05, 0) is 30.2 Å². The summed E-state index contributed by atoms with van der Waals surface area (Å²) in [5.74, 6) is 0. The van der Waals surface area contributed by atoms with Crippen LogP contribution in [0.5, 0.6) is 0 Å². The van der Waals surface area contributed by atoms with E-state index in [1.165, 1.54) is 10.4 Å². The first kappa shape index (κ1) is 14.4. The number of rotatable bonds is 4. The van der Waals surface area contributed by atoms with Gasteiger partial charge in [-0.1, -0.05) is 41.1 Å². The van der Waals surface area contributed by atoms with E-state index in [1.54, 1.807) is 11.3 Å². The smallest absolute Gasteiger partial charge is 0.125 e. The van der Waals surface area contributed by atoms with Crippen LogP contribution >= 0.6 is 27.3 Å². The predicted octanol–water partition coefficient (Wildman–Crippen LogP) is 4.57. The monoisotopic (exact) mass is 361 g/mol. The summed E-state index contributed by atoms with van der Waals surface area (Å²) < 4.78 is 2.99. The number of nitrogen functional groups attached to an aromatic ring is 1. The molecule has 1 aromatic carbocycles. The Morgan fingerprint density at radius 2 is 2.05 bits per heavy atom. The van der Waals surface area contributed by atoms with Crippen molar-refractivity contribution in [3.8, 4) is 10.6 Å². The lowest BCUT2D eigenvalue weighted by Gasteiger charge is -2.03. The van der Waals surface area contributed by atoms with Gasteiger partial charge < -0.3 is 5.73 Å². The zero-order valence-corrected chi connectivity index (χ0v) is 14.1. The number of anilines is 1. The molecule has 5 heteroatoms. The van der Waals surface area contributed by atoms with Crippen molar-refractivity contribution in [3.05, 3.63) is 57.5 Å². The minimum Gasteiger partial charge on any atom is -0.396 e. The Bertz CT molecular complexity index is 760. The molecule has 2 aromatic heterocycles. The number of hydrogen-bond acceptors (Lipinski definition) is 3. The molecule has 0 aliphatic rings. The van der Waals surface area contributed by atoms with Crippen molar-refractivity contribution in [1.29, 1.82) is 0 Å². The zero-order chi connectivity index (χ0) is 14.8. The van der Waals surface area contributed by atoms with Gasteiger partial charge in [-0.3, -0.25) is 4.68 Å². The topological polar surface area (TPSA) is 43.8 Å². The van der Waals surface area contributed by atoms with Gasteiger partial charge in [-0.15, -0.1) is 11.3 Å². The summed E-state index contributed by atoms with van der Waals surface area (Å²) in [5, 5.41) is 4.65. The lowest BCUT2D eigenvalue weighted by Crippen LogP contribution is -2.00. The molecule has 0 unspecified atom stereocenters. The van der Waals surface area contributed by atoms with Crippen LogP contribution in [0.2, 0.25) is 0 Å². The van der Waals surface area contributed by atoms with Crippen LogP contribution in [0.4, 0.5) is 5.69 Å². The van der Waals surface area contributed by atoms with Crippen LogP contribution in [0, 0.1) is 0 Å². The van der Waals surface area contributed by atoms with E-state index in [2.05, 4.69) is 46.2 Å². The summed E-state index contributed by atoms with van der Waals surface area (Å²) >= 11 is 5.32. The van der Waals surface area contributed by atoms with E-state index in [-0.39, 0.29) is 0 Å². The van der Waals surface area contributed by atoms with Crippen molar-refractivity contribution in [3.63, 3.8) is 0 Å². The van der Waals surface area contributed by atoms with Crippen molar-refractivity contribution in [1.82, 2.24) is 9.78 Å². The number of benzene rings is 1. The van der Waals surface area contributed by atoms with Gasteiger partial charge in [0.25, 0.3) is 0 Å². The fraction of sp³-hybridized carbons (Fsp3) is 0.188. The number of halogens is 1. The molecular formula is C16H16BrN3S. The van der Waals surface area contributed by atoms with Gasteiger partial charge in [0.1, 0.15) is 5.69 Å². The van der Waals surface area contributed by atoms with Crippen molar-refractivity contribution in [2.75, 3.05) is 5.73 Å². The van der Waals surface area contributed by atoms with Gasteiger partial charge in [-0.25, -0.2) is 0 Å². The molecule has 0 fully saturated rings. The molecule has 21 heavy (non-hydrogen) atoms. The third-order valence-corrected chi connectivity index (χ3v) is 5.33. The Morgan fingerprint density at radius 3 is 2.76 bits per heavy atom. The third-order valence-electron chi connectivity index (χ3n) is 3.32. The standard InChI is InChI=1S/C16H16BrN3S/c1-2-12-7-8-15(21-12)16-14(18)10-20(19-16)9-11-5-3-4-6-13(11)17/h3-8,10H,2,9,18H2,1H3. The molecule has 2 N–H and O–H groups in total. The quantitative estimate of drug-likeness (QED) is 0.739. The molecule has 3 aromatic rings. The average molecular weight is 362 g/mol. The van der Waals surface area contributed by atoms with E-state index >= 15 is 0 Å². The average Bonchev–Trinajstić information content (AvgIpc) is 3.08. The number of aromatic nitrogens is 2. The number of nitrogens with two attached hydrogens (primary N) is 1. The van der Waals surface area contributed by atoms with Crippen LogP contribution in [0.3, 0.4) is 0 Å². The molecular weight excluding hydrogens is 346 g/mol. The maximum atomic E-state index is 6.13. The van der Waals surface area contributed by atoms with E-state index in [9.17, 15) is 0 Å². The van der Waals surface area contributed by atoms with Crippen molar-refractivity contribution in [2.45, 2.75) is 19.9 Å². The van der Waals surface area contributed by atoms with Crippen LogP contribution in [-0.2, 0) is 13.0 Å². The summed E-state index contributed by atoms with van der Waals surface area (Å²) in [6, 6.07) is 12.4. The maximum Gasteiger partial charge on any atom is 0.125 e. The summed E-state index contributed by atoms with van der Waals surface area (Å²) in [5.41, 5.74) is 8.92. The number of thiophene rings is 1. The Morgan fingerprint density at radius 1 is 1.24 bits per heavy atom. The minimum absolute atomic E-state index is 0.706. The lowest BCUT2D eigenvalue weighted by molar-refractivity contribution is 0.688. The van der Waals surface area contributed by atoms with Crippen molar-refractivity contribution in [2.24, 2.45) is 0 Å². The molecule has 0 amide bonds. The molecule has 0 aliphatic carbocycles. The molecule has 0 saturated heterocycles. The molecule has 0 bridgehead atoms. The maximum absolute atomic E-state index is 6.13. The summed E-state index contributed by atoms with van der Waals surface area (Å²) in [4.78, 5) is 2.49. The Balaban J connectivity index is 1.89. The third kappa shape index (κ3) is 3.04. The van der Waals surface area contributed by atoms with E-state index in [1.807, 2.05) is 29.1 Å². The largest absolute Gasteiger partial charge is 0.396 e. The van der Waals surface area contributed by atoms with Gasteiger partial charge >= 0.3 is 0 Å². The summed E-state index contributed by atoms with van der Waals surface area (Å²) in [7, 11) is 0. The molecule has 0 saturated carbocycles. The Labute approximate surface area is 136 Å². The molecule has 0 atom stereocenters. The summed E-state index contributed by atoms with van der Waals surface area (Å²) in [6.07, 6.45) is 2.95. The fourth-order valence-electron chi connectivity index (χ4n) is 2.21. The molecule has 0 aliphatic heterocycles. The van der Waals surface area contributed by atoms with Crippen LogP contribution in [0.1, 0.15) is 17.4 Å². The van der Waals surface area contributed by atoms with Gasteiger partial charge in [0.15, 0.2) is 0 Å². The molecule has 3 nitrogen and oxygen atoms in total. The van der Waals surface area contributed by atoms with Crippen molar-refractivity contribution >= 4 is 33.0 Å². The van der Waals surface area contributed by atoms with E-state index < -0.39 is 0 Å². The van der Waals surface area contributed by atoms with Gasteiger partial charge in [0.2, 0.25) is 0 Å². The number of hydrogen-bond donors (Lipinski definition) is 1. The Hall–Kier alpha value is -1.59. The van der Waals surface area contributed by atoms with E-state index in [0.29, 0.717) is 6.54 Å². The summed E-state index contributed by atoms with van der Waals surface area (Å²) in [6.45, 7) is 2.86. The molecule has 3 rings (SSSR count). The highest BCUT2D eigenvalue weighted by Crippen LogP contribution is 2.31. The highest BCUT2D eigenvalue weighted by atomic mass is 79.9. The van der Waals surface area contributed by atoms with Gasteiger partial charge in [-0.2, -0.15) is 5.10 Å². The van der Waals surface area contributed by atoms with Crippen molar-refractivity contribution < 1.29 is 0 Å². The van der Waals surface area contributed by atoms with Crippen LogP contribution in [0.25, 0.3) is 10.6 Å². The van der Waals surface area contributed by atoms with Crippen LogP contribution in [0.15, 0.2) is 47.1 Å². The fourth-order valence-corrected chi connectivity index (χ4v) is 3.57. The van der Waals surface area contributed by atoms with Gasteiger partial charge in [0.05, 0.1) is 17.1 Å². The Kier molecular flexibility index (Phi) is 4.12. The first-order chi connectivity index (χ1) is 10.2. The molecule has 0 spiro atoms. The predicted molar refractivity (Wildman–Crippen MR) is 92.6 cm³/mol. The number of nitrogens with zero attached hydrogens (tertiary/aromatic N) is 2. The second-order valence-electron chi connectivity index (χ2n) is 4.84. The minimum atomic E-state index is 0.706. The normalized spacial score (nSPS) is 11.0.